The summed E-state index contributed by atoms with van der Waals surface area (Å²) >= 11 is 0.999. The van der Waals surface area contributed by atoms with Crippen LogP contribution in [0.15, 0.2) is 89.1 Å². The summed E-state index contributed by atoms with van der Waals surface area (Å²) in [5.41, 5.74) is 5.41. The lowest BCUT2D eigenvalue weighted by Gasteiger charge is -2.30. The zero-order valence-electron chi connectivity index (χ0n) is 24.1. The number of rotatable bonds is 9. The molecule has 0 unspecified atom stereocenters. The number of piperidine rings is 1. The van der Waals surface area contributed by atoms with Crippen molar-refractivity contribution in [2.45, 2.75) is 23.6 Å². The first-order valence-electron chi connectivity index (χ1n) is 13.8. The minimum atomic E-state index is -3.83. The van der Waals surface area contributed by atoms with Gasteiger partial charge in [0, 0.05) is 53.2 Å². The Kier molecular flexibility index (Phi) is 11.1. The van der Waals surface area contributed by atoms with Crippen molar-refractivity contribution in [3.8, 4) is 0 Å². The molecular weight excluding hydrogens is 642 g/mol. The Labute approximate surface area is 266 Å². The van der Waals surface area contributed by atoms with Crippen molar-refractivity contribution in [3.63, 3.8) is 0 Å². The number of carbonyl (C=O) groups excluding carboxylic acids is 3. The van der Waals surface area contributed by atoms with E-state index in [4.69, 9.17) is 5.73 Å². The highest BCUT2D eigenvalue weighted by molar-refractivity contribution is 7.91. The average molecular weight is 671 g/mol. The van der Waals surface area contributed by atoms with Crippen LogP contribution in [0.3, 0.4) is 0 Å². The number of benzene rings is 3. The number of non-ortho nitro benzene ring substituents is 1. The molecule has 0 radical (unpaired) electrons. The highest BCUT2D eigenvalue weighted by Gasteiger charge is 2.34. The second-order valence-corrected chi connectivity index (χ2v) is 13.4. The molecule has 2 heterocycles. The Morgan fingerprint density at radius 1 is 0.935 bits per heavy atom. The maximum absolute atomic E-state index is 14.0. The molecule has 1 aromatic heterocycles. The Hall–Kier alpha value is -4.86. The molecule has 15 heteroatoms. The monoisotopic (exact) mass is 670 g/mol. The molecule has 5 rings (SSSR count). The fourth-order valence-electron chi connectivity index (χ4n) is 4.59. The van der Waals surface area contributed by atoms with Gasteiger partial charge in [0.25, 0.3) is 21.6 Å². The van der Waals surface area contributed by atoms with Crippen molar-refractivity contribution in [1.29, 1.82) is 0 Å². The minimum absolute atomic E-state index is 0.0653. The van der Waals surface area contributed by atoms with E-state index in [9.17, 15) is 41.7 Å². The number of sulfonamides is 1. The van der Waals surface area contributed by atoms with Gasteiger partial charge in [0.15, 0.2) is 5.78 Å². The van der Waals surface area contributed by atoms with Crippen molar-refractivity contribution >= 4 is 44.6 Å². The van der Waals surface area contributed by atoms with Crippen molar-refractivity contribution in [1.82, 2.24) is 9.62 Å². The first kappa shape index (κ1) is 34.0. The van der Waals surface area contributed by atoms with E-state index in [1.54, 1.807) is 30.3 Å². The fraction of sp³-hybridized carbons (Fsp3) is 0.194. The second-order valence-electron chi connectivity index (χ2n) is 10.1. The van der Waals surface area contributed by atoms with Crippen LogP contribution >= 0.6 is 11.3 Å². The Morgan fingerprint density at radius 2 is 1.59 bits per heavy atom. The molecular formula is C31H28F2N4O7S2. The molecule has 0 bridgehead atoms. The Morgan fingerprint density at radius 3 is 2.15 bits per heavy atom. The van der Waals surface area contributed by atoms with Gasteiger partial charge in [0.05, 0.1) is 17.0 Å². The number of nitrogens with one attached hydrogen (secondary N) is 1. The van der Waals surface area contributed by atoms with Gasteiger partial charge in [-0.15, -0.1) is 11.3 Å². The summed E-state index contributed by atoms with van der Waals surface area (Å²) in [6, 6.07) is 19.7. The number of nitro groups is 1. The van der Waals surface area contributed by atoms with Gasteiger partial charge in [-0.3, -0.25) is 24.5 Å². The highest BCUT2D eigenvalue weighted by atomic mass is 32.2. The van der Waals surface area contributed by atoms with E-state index < -0.39 is 44.2 Å². The number of Topliss-reactive ketones (excluding diaryl/α,β-unsaturated/α-hetero) is 1. The lowest BCUT2D eigenvalue weighted by molar-refractivity contribution is -0.384. The van der Waals surface area contributed by atoms with E-state index in [1.807, 2.05) is 6.07 Å². The molecule has 240 valence electrons. The van der Waals surface area contributed by atoms with Crippen LogP contribution in [-0.4, -0.2) is 48.3 Å². The molecule has 0 spiro atoms. The van der Waals surface area contributed by atoms with Crippen molar-refractivity contribution < 1.29 is 36.5 Å². The number of primary amides is 1. The van der Waals surface area contributed by atoms with E-state index in [0.29, 0.717) is 16.5 Å². The van der Waals surface area contributed by atoms with Crippen molar-refractivity contribution in [3.05, 3.63) is 128 Å². The van der Waals surface area contributed by atoms with Crippen LogP contribution in [0.25, 0.3) is 0 Å². The standard InChI is InChI=1S/C24H21F2N3O6S2.C7H7NO/c25-17-3-7-20(21(26)13-17)23(30)15-9-11-28(12-10-15)37(34,35)22-8-6-19(36-22)14-27-24(31)16-1-4-18(5-2-16)29(32)33;8-7(9)6-4-2-1-3-5-6/h1-8,13,15H,9-12,14H2,(H,27,31);1-5H,(H2,8,9). The molecule has 1 saturated heterocycles. The summed E-state index contributed by atoms with van der Waals surface area (Å²) in [5, 5.41) is 13.4. The maximum atomic E-state index is 14.0. The third kappa shape index (κ3) is 8.44. The summed E-state index contributed by atoms with van der Waals surface area (Å²) in [6.07, 6.45) is 0.414. The first-order valence-corrected chi connectivity index (χ1v) is 16.1. The van der Waals surface area contributed by atoms with Gasteiger partial charge in [0.2, 0.25) is 5.91 Å². The summed E-state index contributed by atoms with van der Waals surface area (Å²) in [5.74, 6) is -3.60. The number of nitrogens with zero attached hydrogens (tertiary/aromatic N) is 2. The van der Waals surface area contributed by atoms with Crippen molar-refractivity contribution in [2.24, 2.45) is 11.7 Å². The second kappa shape index (κ2) is 14.9. The number of amides is 2. The number of hydrogen-bond acceptors (Lipinski definition) is 8. The third-order valence-corrected chi connectivity index (χ3v) is 10.5. The summed E-state index contributed by atoms with van der Waals surface area (Å²) in [7, 11) is -3.83. The largest absolute Gasteiger partial charge is 0.366 e. The minimum Gasteiger partial charge on any atom is -0.366 e. The molecule has 1 aliphatic heterocycles. The van der Waals surface area contributed by atoms with Gasteiger partial charge in [-0.05, 0) is 61.4 Å². The molecule has 46 heavy (non-hydrogen) atoms. The SMILES string of the molecule is NC(=O)c1ccccc1.O=C(NCc1ccc(S(=O)(=O)N2CCC(C(=O)c3ccc(F)cc3F)CC2)s1)c1ccc([N+](=O)[O-])cc1. The van der Waals surface area contributed by atoms with Crippen LogP contribution in [-0.2, 0) is 16.6 Å². The van der Waals surface area contributed by atoms with E-state index in [2.05, 4.69) is 5.32 Å². The number of carbonyl (C=O) groups is 3. The van der Waals surface area contributed by atoms with Crippen LogP contribution < -0.4 is 11.1 Å². The summed E-state index contributed by atoms with van der Waals surface area (Å²) < 4.78 is 54.7. The van der Waals surface area contributed by atoms with Crippen LogP contribution in [0.4, 0.5) is 14.5 Å². The predicted molar refractivity (Wildman–Crippen MR) is 166 cm³/mol. The summed E-state index contributed by atoms with van der Waals surface area (Å²) in [4.78, 5) is 46.1. The molecule has 3 aromatic carbocycles. The molecule has 11 nitrogen and oxygen atoms in total. The molecule has 1 fully saturated rings. The zero-order valence-corrected chi connectivity index (χ0v) is 25.7. The van der Waals surface area contributed by atoms with E-state index in [1.165, 1.54) is 34.6 Å². The van der Waals surface area contributed by atoms with Gasteiger partial charge < -0.3 is 11.1 Å². The molecule has 0 atom stereocenters. The molecule has 2 amide bonds. The van der Waals surface area contributed by atoms with E-state index in [0.717, 1.165) is 23.5 Å². The van der Waals surface area contributed by atoms with Crippen LogP contribution in [0.5, 0.6) is 0 Å². The normalized spacial score (nSPS) is 13.7. The van der Waals surface area contributed by atoms with Gasteiger partial charge in [-0.25, -0.2) is 17.2 Å². The highest BCUT2D eigenvalue weighted by Crippen LogP contribution is 2.30. The van der Waals surface area contributed by atoms with Crippen LogP contribution in [0.1, 0.15) is 48.8 Å². The predicted octanol–water partition coefficient (Wildman–Crippen LogP) is 4.93. The number of halogens is 2. The van der Waals surface area contributed by atoms with E-state index in [-0.39, 0.29) is 59.4 Å². The van der Waals surface area contributed by atoms with Crippen LogP contribution in [0, 0.1) is 27.7 Å². The van der Waals surface area contributed by atoms with Crippen LogP contribution in [0.2, 0.25) is 0 Å². The van der Waals surface area contributed by atoms with Gasteiger partial charge in [-0.1, -0.05) is 18.2 Å². The smallest absolute Gasteiger partial charge is 0.269 e. The molecule has 0 saturated carbocycles. The number of thiophene rings is 1. The number of ketones is 1. The lowest BCUT2D eigenvalue weighted by Crippen LogP contribution is -2.40. The van der Waals surface area contributed by atoms with Gasteiger partial charge in [-0.2, -0.15) is 4.31 Å². The Bertz CT molecular complexity index is 1840. The fourth-order valence-corrected chi connectivity index (χ4v) is 7.51. The maximum Gasteiger partial charge on any atom is 0.269 e. The number of nitrogens with two attached hydrogens (primary N) is 1. The van der Waals surface area contributed by atoms with E-state index >= 15 is 0 Å². The molecule has 4 aromatic rings. The van der Waals surface area contributed by atoms with Gasteiger partial charge in [0.1, 0.15) is 15.8 Å². The number of hydrogen-bond donors (Lipinski definition) is 2. The molecule has 3 N–H and O–H groups in total. The summed E-state index contributed by atoms with van der Waals surface area (Å²) in [6.45, 7) is 0.215. The third-order valence-electron chi connectivity index (χ3n) is 7.07. The first-order chi connectivity index (χ1) is 21.9. The lowest BCUT2D eigenvalue weighted by atomic mass is 9.89. The number of nitro benzene ring substituents is 1. The molecule has 1 aliphatic rings. The quantitative estimate of drug-likeness (QED) is 0.144. The average Bonchev–Trinajstić information content (AvgIpc) is 3.54. The zero-order chi connectivity index (χ0) is 33.4. The van der Waals surface area contributed by atoms with Gasteiger partial charge >= 0.3 is 0 Å². The Balaban J connectivity index is 0.000000459. The topological polar surface area (TPSA) is 170 Å². The van der Waals surface area contributed by atoms with Crippen molar-refractivity contribution in [2.75, 3.05) is 13.1 Å². The molecule has 0 aliphatic carbocycles.